The minimum absolute atomic E-state index is 0.00944. The van der Waals surface area contributed by atoms with E-state index in [0.717, 1.165) is 12.0 Å². The van der Waals surface area contributed by atoms with Crippen LogP contribution < -0.4 is 0 Å². The molecule has 0 unspecified atom stereocenters. The van der Waals surface area contributed by atoms with Crippen molar-refractivity contribution in [3.63, 3.8) is 0 Å². The maximum absolute atomic E-state index is 11.6. The number of benzene rings is 1. The fraction of sp³-hybridized carbons (Fsp3) is 0.308. The van der Waals surface area contributed by atoms with E-state index in [0.29, 0.717) is 5.75 Å². The van der Waals surface area contributed by atoms with Gasteiger partial charge in [0.25, 0.3) is 5.24 Å². The van der Waals surface area contributed by atoms with Crippen molar-refractivity contribution in [2.75, 3.05) is 7.05 Å². The molecule has 0 radical (unpaired) electrons. The summed E-state index contributed by atoms with van der Waals surface area (Å²) in [7, 11) is 1.70. The number of carbonyl (C=O) groups excluding carboxylic acids is 1. The van der Waals surface area contributed by atoms with Gasteiger partial charge in [0.05, 0.1) is 0 Å². The molecule has 2 nitrogen and oxygen atoms in total. The second-order valence-electron chi connectivity index (χ2n) is 3.24. The minimum atomic E-state index is -0.00944. The molecule has 0 atom stereocenters. The lowest BCUT2D eigenvalue weighted by molar-refractivity contribution is 0.247. The molecular formula is C13H15NOS. The van der Waals surface area contributed by atoms with E-state index in [-0.39, 0.29) is 5.24 Å². The van der Waals surface area contributed by atoms with E-state index < -0.39 is 0 Å². The number of thioether (sulfide) groups is 1. The van der Waals surface area contributed by atoms with Crippen molar-refractivity contribution in [3.05, 3.63) is 35.9 Å². The lowest BCUT2D eigenvalue weighted by Crippen LogP contribution is -2.16. The Kier molecular flexibility index (Phi) is 5.52. The molecule has 16 heavy (non-hydrogen) atoms. The van der Waals surface area contributed by atoms with Crippen LogP contribution in [0.1, 0.15) is 18.9 Å². The molecule has 0 heterocycles. The van der Waals surface area contributed by atoms with Crippen molar-refractivity contribution >= 4 is 17.0 Å². The number of hydrogen-bond donors (Lipinski definition) is 0. The average Bonchev–Trinajstić information content (AvgIpc) is 2.34. The summed E-state index contributed by atoms with van der Waals surface area (Å²) in [4.78, 5) is 13.1. The van der Waals surface area contributed by atoms with Gasteiger partial charge in [-0.05, 0) is 5.56 Å². The molecule has 1 aromatic rings. The first kappa shape index (κ1) is 12.7. The highest BCUT2D eigenvalue weighted by Crippen LogP contribution is 2.14. The summed E-state index contributed by atoms with van der Waals surface area (Å²) in [6, 6.07) is 12.7. The summed E-state index contributed by atoms with van der Waals surface area (Å²) >= 11 is 1.27. The van der Waals surface area contributed by atoms with Gasteiger partial charge in [0.2, 0.25) is 0 Å². The zero-order valence-corrected chi connectivity index (χ0v) is 10.4. The fourth-order valence-corrected chi connectivity index (χ4v) is 1.78. The van der Waals surface area contributed by atoms with Crippen molar-refractivity contribution < 1.29 is 4.79 Å². The van der Waals surface area contributed by atoms with Gasteiger partial charge in [0.15, 0.2) is 0 Å². The highest BCUT2D eigenvalue weighted by molar-refractivity contribution is 8.12. The van der Waals surface area contributed by atoms with Crippen LogP contribution in [0.4, 0.5) is 4.79 Å². The predicted octanol–water partition coefficient (Wildman–Crippen LogP) is 3.34. The Labute approximate surface area is 101 Å². The molecule has 0 spiro atoms. The lowest BCUT2D eigenvalue weighted by atomic mass is 10.2. The molecule has 3 heteroatoms. The van der Waals surface area contributed by atoms with Crippen molar-refractivity contribution in [1.29, 1.82) is 0 Å². The smallest absolute Gasteiger partial charge is 0.265 e. The molecule has 0 N–H and O–H groups in total. The maximum atomic E-state index is 11.6. The van der Waals surface area contributed by atoms with Crippen LogP contribution in [-0.2, 0) is 5.75 Å². The van der Waals surface area contributed by atoms with Crippen LogP contribution in [0.2, 0.25) is 0 Å². The van der Waals surface area contributed by atoms with Crippen LogP contribution in [0.15, 0.2) is 30.3 Å². The monoisotopic (exact) mass is 233 g/mol. The van der Waals surface area contributed by atoms with E-state index in [9.17, 15) is 4.79 Å². The van der Waals surface area contributed by atoms with Gasteiger partial charge in [-0.3, -0.25) is 9.69 Å². The molecule has 0 saturated heterocycles. The molecular weight excluding hydrogens is 218 g/mol. The van der Waals surface area contributed by atoms with Gasteiger partial charge in [-0.2, -0.15) is 0 Å². The largest absolute Gasteiger partial charge is 0.293 e. The second-order valence-corrected chi connectivity index (χ2v) is 4.17. The summed E-state index contributed by atoms with van der Waals surface area (Å²) in [6.45, 7) is 1.96. The van der Waals surface area contributed by atoms with Gasteiger partial charge in [0.1, 0.15) is 0 Å². The Morgan fingerprint density at radius 3 is 2.69 bits per heavy atom. The van der Waals surface area contributed by atoms with Gasteiger partial charge in [0, 0.05) is 25.3 Å². The Morgan fingerprint density at radius 2 is 2.06 bits per heavy atom. The van der Waals surface area contributed by atoms with Gasteiger partial charge >= 0.3 is 0 Å². The number of amides is 1. The first-order valence-corrected chi connectivity index (χ1v) is 6.15. The number of nitrogens with zero attached hydrogens (tertiary/aromatic N) is 1. The van der Waals surface area contributed by atoms with E-state index in [1.807, 2.05) is 37.3 Å². The lowest BCUT2D eigenvalue weighted by Gasteiger charge is -2.07. The summed E-state index contributed by atoms with van der Waals surface area (Å²) < 4.78 is 0. The highest BCUT2D eigenvalue weighted by atomic mass is 32.2. The molecule has 0 aliphatic rings. The molecule has 0 aromatic heterocycles. The number of rotatable bonds is 2. The normalized spacial score (nSPS) is 9.12. The molecule has 0 aliphatic carbocycles. The van der Waals surface area contributed by atoms with Crippen molar-refractivity contribution in [1.82, 2.24) is 4.90 Å². The van der Waals surface area contributed by atoms with Crippen LogP contribution in [0.3, 0.4) is 0 Å². The SMILES string of the molecule is CCC#CN(C)C(=O)SCc1ccccc1. The van der Waals surface area contributed by atoms with Crippen LogP contribution >= 0.6 is 11.8 Å². The summed E-state index contributed by atoms with van der Waals surface area (Å²) in [5.74, 6) is 3.56. The Balaban J connectivity index is 2.41. The molecule has 0 fully saturated rings. The van der Waals surface area contributed by atoms with Crippen LogP contribution in [0, 0.1) is 12.0 Å². The third kappa shape index (κ3) is 4.41. The summed E-state index contributed by atoms with van der Waals surface area (Å²) in [5.41, 5.74) is 1.15. The molecule has 0 bridgehead atoms. The Morgan fingerprint density at radius 1 is 1.38 bits per heavy atom. The van der Waals surface area contributed by atoms with E-state index in [2.05, 4.69) is 12.0 Å². The second kappa shape index (κ2) is 6.97. The van der Waals surface area contributed by atoms with Gasteiger partial charge < -0.3 is 0 Å². The number of carbonyl (C=O) groups is 1. The quantitative estimate of drug-likeness (QED) is 0.577. The van der Waals surface area contributed by atoms with Crippen molar-refractivity contribution in [2.24, 2.45) is 0 Å². The van der Waals surface area contributed by atoms with Gasteiger partial charge in [-0.15, -0.1) is 0 Å². The van der Waals surface area contributed by atoms with Crippen LogP contribution in [0.5, 0.6) is 0 Å². The molecule has 84 valence electrons. The fourth-order valence-electron chi connectivity index (χ4n) is 1.06. The zero-order valence-electron chi connectivity index (χ0n) is 9.56. The molecule has 1 aromatic carbocycles. The van der Waals surface area contributed by atoms with E-state index >= 15 is 0 Å². The first-order valence-electron chi connectivity index (χ1n) is 5.17. The minimum Gasteiger partial charge on any atom is -0.265 e. The topological polar surface area (TPSA) is 20.3 Å². The van der Waals surface area contributed by atoms with E-state index in [4.69, 9.17) is 0 Å². The highest BCUT2D eigenvalue weighted by Gasteiger charge is 2.06. The zero-order chi connectivity index (χ0) is 11.8. The standard InChI is InChI=1S/C13H15NOS/c1-3-4-10-14(2)13(15)16-11-12-8-6-5-7-9-12/h5-9H,3,11H2,1-2H3. The number of hydrogen-bond acceptors (Lipinski definition) is 2. The maximum Gasteiger partial charge on any atom is 0.293 e. The van der Waals surface area contributed by atoms with Crippen molar-refractivity contribution in [3.8, 4) is 12.0 Å². The predicted molar refractivity (Wildman–Crippen MR) is 69.0 cm³/mol. The average molecular weight is 233 g/mol. The third-order valence-corrected chi connectivity index (χ3v) is 2.90. The van der Waals surface area contributed by atoms with Crippen LogP contribution in [-0.4, -0.2) is 17.2 Å². The Hall–Kier alpha value is -1.40. The molecule has 1 amide bonds. The third-order valence-electron chi connectivity index (χ3n) is 1.90. The molecule has 0 saturated carbocycles. The summed E-state index contributed by atoms with van der Waals surface area (Å²) in [6.07, 6.45) is 0.765. The van der Waals surface area contributed by atoms with Gasteiger partial charge in [-0.25, -0.2) is 0 Å². The van der Waals surface area contributed by atoms with E-state index in [1.165, 1.54) is 16.7 Å². The first-order chi connectivity index (χ1) is 7.74. The van der Waals surface area contributed by atoms with Gasteiger partial charge in [-0.1, -0.05) is 54.9 Å². The molecule has 0 aliphatic heterocycles. The summed E-state index contributed by atoms with van der Waals surface area (Å²) in [5, 5.41) is -0.00944. The Bertz CT molecular complexity index is 391. The van der Waals surface area contributed by atoms with Crippen LogP contribution in [0.25, 0.3) is 0 Å². The van der Waals surface area contributed by atoms with E-state index in [1.54, 1.807) is 7.05 Å². The molecule has 1 rings (SSSR count). The van der Waals surface area contributed by atoms with Crippen molar-refractivity contribution in [2.45, 2.75) is 19.1 Å².